The molecule has 20 heavy (non-hydrogen) atoms. The average molecular weight is 280 g/mol. The van der Waals surface area contributed by atoms with E-state index in [1.807, 2.05) is 6.07 Å². The molecule has 3 nitrogen and oxygen atoms in total. The first-order valence-electron chi connectivity index (χ1n) is 7.40. The molecule has 1 heterocycles. The minimum absolute atomic E-state index is 0.121. The van der Waals surface area contributed by atoms with Crippen molar-refractivity contribution in [2.24, 2.45) is 0 Å². The van der Waals surface area contributed by atoms with Crippen LogP contribution < -0.4 is 10.2 Å². The Kier molecular flexibility index (Phi) is 5.38. The summed E-state index contributed by atoms with van der Waals surface area (Å²) in [5, 5.41) is 3.31. The maximum absolute atomic E-state index is 14.1. The largest absolute Gasteiger partial charge is 0.381 e. The first kappa shape index (κ1) is 15.3. The number of benzene rings is 1. The zero-order valence-electron chi connectivity index (χ0n) is 12.7. The van der Waals surface area contributed by atoms with Crippen LogP contribution in [0.25, 0.3) is 0 Å². The molecule has 1 fully saturated rings. The topological polar surface area (TPSA) is 24.5 Å². The number of hydrogen-bond donors (Lipinski definition) is 1. The molecule has 0 aromatic heterocycles. The SMILES string of the molecule is COC1CCN(c2cccc(F)c2CNC(C)C)CC1. The number of nitrogens with zero attached hydrogens (tertiary/aromatic N) is 1. The van der Waals surface area contributed by atoms with Gasteiger partial charge in [-0.3, -0.25) is 0 Å². The molecule has 0 amide bonds. The summed E-state index contributed by atoms with van der Waals surface area (Å²) in [5.41, 5.74) is 1.80. The molecule has 0 radical (unpaired) electrons. The van der Waals surface area contributed by atoms with E-state index in [1.165, 1.54) is 0 Å². The van der Waals surface area contributed by atoms with E-state index in [-0.39, 0.29) is 5.82 Å². The number of piperidine rings is 1. The summed E-state index contributed by atoms with van der Waals surface area (Å²) in [6.07, 6.45) is 2.35. The first-order chi connectivity index (χ1) is 9.61. The summed E-state index contributed by atoms with van der Waals surface area (Å²) in [4.78, 5) is 2.27. The second-order valence-electron chi connectivity index (χ2n) is 5.70. The van der Waals surface area contributed by atoms with Crippen LogP contribution in [0.4, 0.5) is 10.1 Å². The number of halogens is 1. The molecule has 1 aliphatic rings. The molecule has 0 bridgehead atoms. The minimum Gasteiger partial charge on any atom is -0.381 e. The van der Waals surface area contributed by atoms with Gasteiger partial charge >= 0.3 is 0 Å². The van der Waals surface area contributed by atoms with Gasteiger partial charge in [0.25, 0.3) is 0 Å². The molecule has 1 N–H and O–H groups in total. The standard InChI is InChI=1S/C16H25FN2O/c1-12(2)18-11-14-15(17)5-4-6-16(14)19-9-7-13(20-3)8-10-19/h4-6,12-13,18H,7-11H2,1-3H3. The van der Waals surface area contributed by atoms with E-state index in [1.54, 1.807) is 19.2 Å². The van der Waals surface area contributed by atoms with Crippen LogP contribution in [0.5, 0.6) is 0 Å². The number of rotatable bonds is 5. The summed E-state index contributed by atoms with van der Waals surface area (Å²) >= 11 is 0. The Balaban J connectivity index is 2.12. The Morgan fingerprint density at radius 2 is 2.05 bits per heavy atom. The number of anilines is 1. The van der Waals surface area contributed by atoms with Crippen molar-refractivity contribution >= 4 is 5.69 Å². The van der Waals surface area contributed by atoms with Crippen molar-refractivity contribution in [3.8, 4) is 0 Å². The number of nitrogens with one attached hydrogen (secondary N) is 1. The van der Waals surface area contributed by atoms with Crippen LogP contribution >= 0.6 is 0 Å². The zero-order chi connectivity index (χ0) is 14.5. The van der Waals surface area contributed by atoms with Gasteiger partial charge in [-0.15, -0.1) is 0 Å². The van der Waals surface area contributed by atoms with E-state index in [9.17, 15) is 4.39 Å². The molecule has 1 aliphatic heterocycles. The van der Waals surface area contributed by atoms with Gasteiger partial charge < -0.3 is 15.0 Å². The first-order valence-corrected chi connectivity index (χ1v) is 7.40. The van der Waals surface area contributed by atoms with Crippen molar-refractivity contribution in [1.82, 2.24) is 5.32 Å². The van der Waals surface area contributed by atoms with Gasteiger partial charge in [0.05, 0.1) is 6.10 Å². The fourth-order valence-electron chi connectivity index (χ4n) is 2.66. The minimum atomic E-state index is -0.121. The molecule has 0 spiro atoms. The van der Waals surface area contributed by atoms with Gasteiger partial charge in [0.1, 0.15) is 5.82 Å². The third kappa shape index (κ3) is 3.70. The average Bonchev–Trinajstić information content (AvgIpc) is 2.45. The van der Waals surface area contributed by atoms with Crippen molar-refractivity contribution in [2.75, 3.05) is 25.1 Å². The van der Waals surface area contributed by atoms with Gasteiger partial charge in [-0.2, -0.15) is 0 Å². The summed E-state index contributed by atoms with van der Waals surface area (Å²) in [5.74, 6) is -0.121. The van der Waals surface area contributed by atoms with Crippen LogP contribution in [0.2, 0.25) is 0 Å². The predicted molar refractivity (Wildman–Crippen MR) is 80.6 cm³/mol. The third-order valence-corrected chi connectivity index (χ3v) is 3.90. The fraction of sp³-hybridized carbons (Fsp3) is 0.625. The predicted octanol–water partition coefficient (Wildman–Crippen LogP) is 2.94. The Hall–Kier alpha value is -1.13. The zero-order valence-corrected chi connectivity index (χ0v) is 12.7. The number of methoxy groups -OCH3 is 1. The van der Waals surface area contributed by atoms with Gasteiger partial charge in [0.15, 0.2) is 0 Å². The molecule has 112 valence electrons. The summed E-state index contributed by atoms with van der Waals surface area (Å²) in [6, 6.07) is 5.71. The maximum atomic E-state index is 14.1. The summed E-state index contributed by atoms with van der Waals surface area (Å²) in [6.45, 7) is 6.58. The van der Waals surface area contributed by atoms with E-state index in [2.05, 4.69) is 24.1 Å². The van der Waals surface area contributed by atoms with E-state index < -0.39 is 0 Å². The van der Waals surface area contributed by atoms with Gasteiger partial charge in [-0.1, -0.05) is 19.9 Å². The number of hydrogen-bond acceptors (Lipinski definition) is 3. The van der Waals surface area contributed by atoms with E-state index in [4.69, 9.17) is 4.74 Å². The van der Waals surface area contributed by atoms with Gasteiger partial charge in [-0.05, 0) is 25.0 Å². The highest BCUT2D eigenvalue weighted by atomic mass is 19.1. The molecule has 1 saturated heterocycles. The molecular weight excluding hydrogens is 255 g/mol. The molecule has 1 aromatic carbocycles. The van der Waals surface area contributed by atoms with Crippen molar-refractivity contribution in [3.05, 3.63) is 29.6 Å². The molecule has 0 aliphatic carbocycles. The third-order valence-electron chi connectivity index (χ3n) is 3.90. The van der Waals surface area contributed by atoms with E-state index in [0.717, 1.165) is 37.2 Å². The van der Waals surface area contributed by atoms with Crippen LogP contribution in [0.15, 0.2) is 18.2 Å². The lowest BCUT2D eigenvalue weighted by Crippen LogP contribution is -2.37. The monoisotopic (exact) mass is 280 g/mol. The second kappa shape index (κ2) is 7.04. The van der Waals surface area contributed by atoms with Gasteiger partial charge in [0.2, 0.25) is 0 Å². The Labute approximate surface area is 121 Å². The van der Waals surface area contributed by atoms with Crippen LogP contribution in [-0.4, -0.2) is 32.3 Å². The highest BCUT2D eigenvalue weighted by Gasteiger charge is 2.21. The molecule has 0 atom stereocenters. The second-order valence-corrected chi connectivity index (χ2v) is 5.70. The van der Waals surface area contributed by atoms with Crippen LogP contribution in [0.1, 0.15) is 32.3 Å². The van der Waals surface area contributed by atoms with Crippen molar-refractivity contribution in [1.29, 1.82) is 0 Å². The Bertz CT molecular complexity index is 428. The van der Waals surface area contributed by atoms with Crippen LogP contribution in [0.3, 0.4) is 0 Å². The molecule has 2 rings (SSSR count). The normalized spacial score (nSPS) is 16.9. The lowest BCUT2D eigenvalue weighted by Gasteiger charge is -2.34. The van der Waals surface area contributed by atoms with Crippen molar-refractivity contribution in [2.45, 2.75) is 45.4 Å². The molecule has 4 heteroatoms. The van der Waals surface area contributed by atoms with Crippen LogP contribution in [0, 0.1) is 5.82 Å². The number of ether oxygens (including phenoxy) is 1. The summed E-state index contributed by atoms with van der Waals surface area (Å²) in [7, 11) is 1.76. The molecule has 0 unspecified atom stereocenters. The summed E-state index contributed by atoms with van der Waals surface area (Å²) < 4.78 is 19.5. The van der Waals surface area contributed by atoms with Gasteiger partial charge in [0, 0.05) is 44.0 Å². The van der Waals surface area contributed by atoms with E-state index >= 15 is 0 Å². The van der Waals surface area contributed by atoms with Gasteiger partial charge in [-0.25, -0.2) is 4.39 Å². The Morgan fingerprint density at radius 1 is 1.35 bits per heavy atom. The highest BCUT2D eigenvalue weighted by Crippen LogP contribution is 2.27. The van der Waals surface area contributed by atoms with Crippen molar-refractivity contribution < 1.29 is 9.13 Å². The highest BCUT2D eigenvalue weighted by molar-refractivity contribution is 5.54. The smallest absolute Gasteiger partial charge is 0.129 e. The molecule has 0 saturated carbocycles. The lowest BCUT2D eigenvalue weighted by molar-refractivity contribution is 0.0819. The van der Waals surface area contributed by atoms with E-state index in [0.29, 0.717) is 18.7 Å². The molecular formula is C16H25FN2O. The Morgan fingerprint density at radius 3 is 2.65 bits per heavy atom. The fourth-order valence-corrected chi connectivity index (χ4v) is 2.66. The van der Waals surface area contributed by atoms with Crippen LogP contribution in [-0.2, 0) is 11.3 Å². The quantitative estimate of drug-likeness (QED) is 0.897. The lowest BCUT2D eigenvalue weighted by atomic mass is 10.0. The molecule has 1 aromatic rings. The maximum Gasteiger partial charge on any atom is 0.129 e. The van der Waals surface area contributed by atoms with Crippen molar-refractivity contribution in [3.63, 3.8) is 0 Å².